The van der Waals surface area contributed by atoms with Crippen LogP contribution in [0.1, 0.15) is 25.7 Å². The van der Waals surface area contributed by atoms with Gasteiger partial charge < -0.3 is 20.3 Å². The monoisotopic (exact) mass is 298 g/mol. The molecule has 2 aliphatic rings. The molecule has 2 saturated heterocycles. The first kappa shape index (κ1) is 17.2. The highest BCUT2D eigenvalue weighted by Crippen LogP contribution is 2.08. The number of hydrogen-bond donors (Lipinski definition) is 2. The second-order valence-electron chi connectivity index (χ2n) is 6.21. The molecular formula is C16H34N4O. The molecule has 2 aliphatic heterocycles. The molecular weight excluding hydrogens is 264 g/mol. The fourth-order valence-corrected chi connectivity index (χ4v) is 3.10. The van der Waals surface area contributed by atoms with Gasteiger partial charge in [-0.05, 0) is 45.4 Å². The van der Waals surface area contributed by atoms with Gasteiger partial charge in [-0.1, -0.05) is 6.42 Å². The van der Waals surface area contributed by atoms with Crippen LogP contribution >= 0.6 is 0 Å². The maximum absolute atomic E-state index is 5.35. The van der Waals surface area contributed by atoms with Gasteiger partial charge in [-0.3, -0.25) is 4.90 Å². The second kappa shape index (κ2) is 11.4. The third-order valence-electron chi connectivity index (χ3n) is 4.46. The summed E-state index contributed by atoms with van der Waals surface area (Å²) >= 11 is 0. The largest absolute Gasteiger partial charge is 0.379 e. The van der Waals surface area contributed by atoms with Crippen LogP contribution in [-0.2, 0) is 4.74 Å². The zero-order valence-corrected chi connectivity index (χ0v) is 13.6. The van der Waals surface area contributed by atoms with Gasteiger partial charge in [0.2, 0.25) is 0 Å². The van der Waals surface area contributed by atoms with Crippen LogP contribution in [0.4, 0.5) is 0 Å². The highest BCUT2D eigenvalue weighted by atomic mass is 16.5. The van der Waals surface area contributed by atoms with Gasteiger partial charge in [0.25, 0.3) is 0 Å². The predicted octanol–water partition coefficient (Wildman–Crippen LogP) is 0.374. The van der Waals surface area contributed by atoms with Gasteiger partial charge >= 0.3 is 0 Å². The second-order valence-corrected chi connectivity index (χ2v) is 6.21. The number of nitrogens with one attached hydrogen (secondary N) is 2. The Labute approximate surface area is 130 Å². The fraction of sp³-hybridized carbons (Fsp3) is 1.00. The van der Waals surface area contributed by atoms with Crippen molar-refractivity contribution in [3.8, 4) is 0 Å². The maximum atomic E-state index is 5.35. The number of piperidine rings is 1. The zero-order chi connectivity index (χ0) is 14.6. The van der Waals surface area contributed by atoms with Crippen molar-refractivity contribution in [1.29, 1.82) is 0 Å². The molecule has 5 heteroatoms. The number of likely N-dealkylation sites (tertiary alicyclic amines) is 1. The molecule has 21 heavy (non-hydrogen) atoms. The molecule has 0 amide bonds. The van der Waals surface area contributed by atoms with Gasteiger partial charge in [-0.15, -0.1) is 0 Å². The molecule has 0 aromatic rings. The Morgan fingerprint density at radius 1 is 0.667 bits per heavy atom. The topological polar surface area (TPSA) is 39.8 Å². The van der Waals surface area contributed by atoms with E-state index >= 15 is 0 Å². The Bertz CT molecular complexity index is 216. The van der Waals surface area contributed by atoms with E-state index in [9.17, 15) is 0 Å². The number of hydrogen-bond acceptors (Lipinski definition) is 5. The van der Waals surface area contributed by atoms with Crippen LogP contribution in [0.3, 0.4) is 0 Å². The van der Waals surface area contributed by atoms with Crippen molar-refractivity contribution >= 4 is 0 Å². The van der Waals surface area contributed by atoms with Gasteiger partial charge in [0.05, 0.1) is 13.2 Å². The average molecular weight is 298 g/mol. The van der Waals surface area contributed by atoms with Gasteiger partial charge in [-0.2, -0.15) is 0 Å². The normalized spacial score (nSPS) is 21.7. The minimum atomic E-state index is 0.901. The molecule has 0 aliphatic carbocycles. The summed E-state index contributed by atoms with van der Waals surface area (Å²) in [5.74, 6) is 0. The molecule has 0 spiro atoms. The summed E-state index contributed by atoms with van der Waals surface area (Å²) in [4.78, 5) is 5.09. The van der Waals surface area contributed by atoms with Crippen molar-refractivity contribution in [2.75, 3.05) is 78.7 Å². The van der Waals surface area contributed by atoms with E-state index in [-0.39, 0.29) is 0 Å². The molecule has 0 aromatic heterocycles. The van der Waals surface area contributed by atoms with E-state index in [2.05, 4.69) is 20.4 Å². The number of ether oxygens (including phenoxy) is 1. The molecule has 2 N–H and O–H groups in total. The molecule has 2 heterocycles. The SMILES string of the molecule is C1CCN(CCCNCCNCCN2CCOCC2)CC1. The predicted molar refractivity (Wildman–Crippen MR) is 87.9 cm³/mol. The molecule has 2 rings (SSSR count). The van der Waals surface area contributed by atoms with Crippen LogP contribution < -0.4 is 10.6 Å². The van der Waals surface area contributed by atoms with E-state index in [1.54, 1.807) is 0 Å². The highest BCUT2D eigenvalue weighted by molar-refractivity contribution is 4.66. The van der Waals surface area contributed by atoms with Crippen molar-refractivity contribution < 1.29 is 4.74 Å². The molecule has 124 valence electrons. The van der Waals surface area contributed by atoms with E-state index < -0.39 is 0 Å². The van der Waals surface area contributed by atoms with Crippen LogP contribution in [0.25, 0.3) is 0 Å². The van der Waals surface area contributed by atoms with Gasteiger partial charge in [-0.25, -0.2) is 0 Å². The van der Waals surface area contributed by atoms with E-state index in [4.69, 9.17) is 4.74 Å². The van der Waals surface area contributed by atoms with Crippen LogP contribution in [0.15, 0.2) is 0 Å². The van der Waals surface area contributed by atoms with E-state index in [1.165, 1.54) is 45.3 Å². The summed E-state index contributed by atoms with van der Waals surface area (Å²) in [5, 5.41) is 7.06. The first-order valence-electron chi connectivity index (χ1n) is 8.89. The minimum Gasteiger partial charge on any atom is -0.379 e. The number of rotatable bonds is 10. The van der Waals surface area contributed by atoms with Gasteiger partial charge in [0.1, 0.15) is 0 Å². The number of nitrogens with zero attached hydrogens (tertiary/aromatic N) is 2. The lowest BCUT2D eigenvalue weighted by molar-refractivity contribution is 0.0385. The summed E-state index contributed by atoms with van der Waals surface area (Å²) in [5.41, 5.74) is 0. The van der Waals surface area contributed by atoms with Crippen molar-refractivity contribution in [3.63, 3.8) is 0 Å². The lowest BCUT2D eigenvalue weighted by Crippen LogP contribution is -2.41. The zero-order valence-electron chi connectivity index (χ0n) is 13.6. The Morgan fingerprint density at radius 3 is 2.10 bits per heavy atom. The molecule has 0 aromatic carbocycles. The van der Waals surface area contributed by atoms with Crippen molar-refractivity contribution in [1.82, 2.24) is 20.4 Å². The summed E-state index contributed by atoms with van der Waals surface area (Å²) in [6.07, 6.45) is 5.53. The lowest BCUT2D eigenvalue weighted by Gasteiger charge is -2.26. The quantitative estimate of drug-likeness (QED) is 0.571. The van der Waals surface area contributed by atoms with E-state index in [0.29, 0.717) is 0 Å². The van der Waals surface area contributed by atoms with Crippen molar-refractivity contribution in [2.24, 2.45) is 0 Å². The molecule has 5 nitrogen and oxygen atoms in total. The maximum Gasteiger partial charge on any atom is 0.0594 e. The Hall–Kier alpha value is -0.200. The van der Waals surface area contributed by atoms with Gasteiger partial charge in [0.15, 0.2) is 0 Å². The first-order chi connectivity index (χ1) is 10.4. The highest BCUT2D eigenvalue weighted by Gasteiger charge is 2.09. The first-order valence-corrected chi connectivity index (χ1v) is 8.89. The van der Waals surface area contributed by atoms with Crippen LogP contribution in [0.2, 0.25) is 0 Å². The summed E-state index contributed by atoms with van der Waals surface area (Å²) < 4.78 is 5.35. The third-order valence-corrected chi connectivity index (χ3v) is 4.46. The molecule has 0 unspecified atom stereocenters. The minimum absolute atomic E-state index is 0.901. The number of morpholine rings is 1. The van der Waals surface area contributed by atoms with Crippen molar-refractivity contribution in [3.05, 3.63) is 0 Å². The molecule has 0 bridgehead atoms. The lowest BCUT2D eigenvalue weighted by atomic mass is 10.1. The molecule has 0 saturated carbocycles. The molecule has 0 radical (unpaired) electrons. The van der Waals surface area contributed by atoms with Crippen molar-refractivity contribution in [2.45, 2.75) is 25.7 Å². The summed E-state index contributed by atoms with van der Waals surface area (Å²) in [7, 11) is 0. The Morgan fingerprint density at radius 2 is 1.33 bits per heavy atom. The van der Waals surface area contributed by atoms with Gasteiger partial charge in [0, 0.05) is 39.3 Å². The summed E-state index contributed by atoms with van der Waals surface area (Å²) in [6.45, 7) is 13.5. The standard InChI is InChI=1S/C16H34N4O/c1-2-9-19(10-3-1)11-4-5-17-6-7-18-8-12-20-13-15-21-16-14-20/h17-18H,1-16H2. The van der Waals surface area contributed by atoms with Crippen LogP contribution in [-0.4, -0.2) is 88.5 Å². The Kier molecular flexibility index (Phi) is 9.30. The van der Waals surface area contributed by atoms with Crippen LogP contribution in [0.5, 0.6) is 0 Å². The molecule has 0 atom stereocenters. The molecule has 2 fully saturated rings. The summed E-state index contributed by atoms with van der Waals surface area (Å²) in [6, 6.07) is 0. The van der Waals surface area contributed by atoms with E-state index in [1.807, 2.05) is 0 Å². The van der Waals surface area contributed by atoms with Crippen LogP contribution in [0, 0.1) is 0 Å². The average Bonchev–Trinajstić information content (AvgIpc) is 2.55. The van der Waals surface area contributed by atoms with E-state index in [0.717, 1.165) is 59.0 Å². The third kappa shape index (κ3) is 8.12. The Balaban J connectivity index is 1.30. The fourth-order valence-electron chi connectivity index (χ4n) is 3.10. The smallest absolute Gasteiger partial charge is 0.0594 e.